The lowest BCUT2D eigenvalue weighted by molar-refractivity contribution is 0.0802. The Balaban J connectivity index is 2.07. The van der Waals surface area contributed by atoms with E-state index in [2.05, 4.69) is 45.6 Å². The highest BCUT2D eigenvalue weighted by Gasteiger charge is 2.25. The van der Waals surface area contributed by atoms with Gasteiger partial charge in [-0.1, -0.05) is 17.7 Å². The molecule has 0 bridgehead atoms. The number of hydrogen-bond acceptors (Lipinski definition) is 3. The first-order chi connectivity index (χ1) is 9.52. The highest BCUT2D eigenvalue weighted by Crippen LogP contribution is 2.28. The van der Waals surface area contributed by atoms with Crippen molar-refractivity contribution in [2.75, 3.05) is 32.7 Å². The van der Waals surface area contributed by atoms with E-state index in [-0.39, 0.29) is 6.04 Å². The zero-order chi connectivity index (χ0) is 14.7. The van der Waals surface area contributed by atoms with Gasteiger partial charge in [0.2, 0.25) is 0 Å². The lowest BCUT2D eigenvalue weighted by Gasteiger charge is -2.40. The SMILES string of the molecule is CC(C)N1CCN(C(CN)c2ccc(Br)c(Cl)c2)CC1. The van der Waals surface area contributed by atoms with E-state index in [0.717, 1.165) is 35.7 Å². The average molecular weight is 361 g/mol. The Morgan fingerprint density at radius 1 is 1.20 bits per heavy atom. The van der Waals surface area contributed by atoms with Crippen molar-refractivity contribution in [2.24, 2.45) is 5.73 Å². The van der Waals surface area contributed by atoms with Gasteiger partial charge in [0.1, 0.15) is 0 Å². The molecule has 20 heavy (non-hydrogen) atoms. The van der Waals surface area contributed by atoms with Crippen molar-refractivity contribution >= 4 is 27.5 Å². The second-order valence-electron chi connectivity index (χ2n) is 5.59. The van der Waals surface area contributed by atoms with Gasteiger partial charge in [-0.25, -0.2) is 0 Å². The number of halogens is 2. The standard InChI is InChI=1S/C15H23BrClN3/c1-11(2)19-5-7-20(8-6-19)15(10-18)12-3-4-13(16)14(17)9-12/h3-4,9,11,15H,5-8,10,18H2,1-2H3. The van der Waals surface area contributed by atoms with E-state index in [1.165, 1.54) is 5.56 Å². The van der Waals surface area contributed by atoms with Gasteiger partial charge in [0, 0.05) is 49.3 Å². The fourth-order valence-corrected chi connectivity index (χ4v) is 3.22. The van der Waals surface area contributed by atoms with Crippen molar-refractivity contribution in [1.29, 1.82) is 0 Å². The van der Waals surface area contributed by atoms with E-state index in [4.69, 9.17) is 17.3 Å². The largest absolute Gasteiger partial charge is 0.329 e. The van der Waals surface area contributed by atoms with Crippen LogP contribution in [0.1, 0.15) is 25.5 Å². The minimum atomic E-state index is 0.259. The third-order valence-electron chi connectivity index (χ3n) is 4.07. The second-order valence-corrected chi connectivity index (χ2v) is 6.85. The van der Waals surface area contributed by atoms with Gasteiger partial charge in [0.25, 0.3) is 0 Å². The van der Waals surface area contributed by atoms with Crippen LogP contribution in [0, 0.1) is 0 Å². The molecule has 0 aromatic heterocycles. The molecular weight excluding hydrogens is 338 g/mol. The summed E-state index contributed by atoms with van der Waals surface area (Å²) in [5.74, 6) is 0. The number of nitrogens with zero attached hydrogens (tertiary/aromatic N) is 2. The van der Waals surface area contributed by atoms with Crippen molar-refractivity contribution in [1.82, 2.24) is 9.80 Å². The Bertz CT molecular complexity index is 445. The zero-order valence-electron chi connectivity index (χ0n) is 12.1. The fraction of sp³-hybridized carbons (Fsp3) is 0.600. The molecule has 112 valence electrons. The molecule has 0 aliphatic carbocycles. The molecular formula is C15H23BrClN3. The van der Waals surface area contributed by atoms with Crippen LogP contribution in [-0.4, -0.2) is 48.6 Å². The second kappa shape index (κ2) is 7.23. The van der Waals surface area contributed by atoms with Crippen LogP contribution in [0.25, 0.3) is 0 Å². The molecule has 2 N–H and O–H groups in total. The van der Waals surface area contributed by atoms with Crippen LogP contribution < -0.4 is 5.73 Å². The topological polar surface area (TPSA) is 32.5 Å². The Labute approximate surface area is 135 Å². The predicted molar refractivity (Wildman–Crippen MR) is 89.2 cm³/mol. The summed E-state index contributed by atoms with van der Waals surface area (Å²) in [5, 5.41) is 0.752. The molecule has 0 amide bonds. The number of nitrogens with two attached hydrogens (primary N) is 1. The lowest BCUT2D eigenvalue weighted by Crippen LogP contribution is -2.50. The molecule has 1 heterocycles. The van der Waals surface area contributed by atoms with Crippen molar-refractivity contribution in [3.8, 4) is 0 Å². The van der Waals surface area contributed by atoms with Gasteiger partial charge in [-0.05, 0) is 47.5 Å². The fourth-order valence-electron chi connectivity index (χ4n) is 2.78. The van der Waals surface area contributed by atoms with Gasteiger partial charge in [-0.2, -0.15) is 0 Å². The molecule has 1 aromatic rings. The zero-order valence-corrected chi connectivity index (χ0v) is 14.5. The summed E-state index contributed by atoms with van der Waals surface area (Å²) in [7, 11) is 0. The number of rotatable bonds is 4. The first kappa shape index (κ1) is 16.2. The molecule has 1 saturated heterocycles. The van der Waals surface area contributed by atoms with Crippen LogP contribution >= 0.6 is 27.5 Å². The molecule has 0 saturated carbocycles. The predicted octanol–water partition coefficient (Wildman–Crippen LogP) is 3.13. The molecule has 1 aliphatic heterocycles. The molecule has 0 radical (unpaired) electrons. The summed E-state index contributed by atoms with van der Waals surface area (Å²) in [6.07, 6.45) is 0. The van der Waals surface area contributed by atoms with Gasteiger partial charge >= 0.3 is 0 Å². The quantitative estimate of drug-likeness (QED) is 0.895. The number of hydrogen-bond donors (Lipinski definition) is 1. The monoisotopic (exact) mass is 359 g/mol. The van der Waals surface area contributed by atoms with Crippen LogP contribution in [0.3, 0.4) is 0 Å². The Morgan fingerprint density at radius 2 is 1.80 bits per heavy atom. The Morgan fingerprint density at radius 3 is 2.30 bits per heavy atom. The minimum absolute atomic E-state index is 0.259. The summed E-state index contributed by atoms with van der Waals surface area (Å²) in [5.41, 5.74) is 7.22. The van der Waals surface area contributed by atoms with Crippen LogP contribution in [-0.2, 0) is 0 Å². The van der Waals surface area contributed by atoms with Gasteiger partial charge in [-0.3, -0.25) is 9.80 Å². The molecule has 3 nitrogen and oxygen atoms in total. The maximum Gasteiger partial charge on any atom is 0.0551 e. The minimum Gasteiger partial charge on any atom is -0.329 e. The van der Waals surface area contributed by atoms with Crippen molar-refractivity contribution in [3.63, 3.8) is 0 Å². The molecule has 1 atom stereocenters. The van der Waals surface area contributed by atoms with Gasteiger partial charge in [0.05, 0.1) is 5.02 Å². The summed E-state index contributed by atoms with van der Waals surface area (Å²) in [6.45, 7) is 9.48. The Hall–Kier alpha value is -0.130. The van der Waals surface area contributed by atoms with Crippen LogP contribution in [0.2, 0.25) is 5.02 Å². The first-order valence-corrected chi connectivity index (χ1v) is 8.33. The normalized spacial score (nSPS) is 19.5. The molecule has 1 aliphatic rings. The first-order valence-electron chi connectivity index (χ1n) is 7.16. The highest BCUT2D eigenvalue weighted by molar-refractivity contribution is 9.10. The van der Waals surface area contributed by atoms with Crippen LogP contribution in [0.15, 0.2) is 22.7 Å². The van der Waals surface area contributed by atoms with E-state index >= 15 is 0 Å². The van der Waals surface area contributed by atoms with Crippen LogP contribution in [0.4, 0.5) is 0 Å². The van der Waals surface area contributed by atoms with E-state index in [9.17, 15) is 0 Å². The smallest absolute Gasteiger partial charge is 0.0551 e. The van der Waals surface area contributed by atoms with Crippen molar-refractivity contribution < 1.29 is 0 Å². The van der Waals surface area contributed by atoms with Gasteiger partial charge in [-0.15, -0.1) is 0 Å². The van der Waals surface area contributed by atoms with E-state index < -0.39 is 0 Å². The average Bonchev–Trinajstić information content (AvgIpc) is 2.44. The maximum atomic E-state index is 6.20. The summed E-state index contributed by atoms with van der Waals surface area (Å²) in [6, 6.07) is 7.02. The molecule has 0 spiro atoms. The molecule has 1 fully saturated rings. The number of benzene rings is 1. The lowest BCUT2D eigenvalue weighted by atomic mass is 10.0. The van der Waals surface area contributed by atoms with E-state index in [0.29, 0.717) is 12.6 Å². The summed E-state index contributed by atoms with van der Waals surface area (Å²) < 4.78 is 0.934. The van der Waals surface area contributed by atoms with Gasteiger partial charge < -0.3 is 5.73 Å². The van der Waals surface area contributed by atoms with Gasteiger partial charge in [0.15, 0.2) is 0 Å². The van der Waals surface area contributed by atoms with Crippen molar-refractivity contribution in [3.05, 3.63) is 33.3 Å². The molecule has 1 unspecified atom stereocenters. The highest BCUT2D eigenvalue weighted by atomic mass is 79.9. The molecule has 5 heteroatoms. The molecule has 1 aromatic carbocycles. The maximum absolute atomic E-state index is 6.20. The summed E-state index contributed by atoms with van der Waals surface area (Å²) in [4.78, 5) is 4.98. The van der Waals surface area contributed by atoms with Crippen molar-refractivity contribution in [2.45, 2.75) is 25.9 Å². The third kappa shape index (κ3) is 3.74. The van der Waals surface area contributed by atoms with E-state index in [1.807, 2.05) is 12.1 Å². The van der Waals surface area contributed by atoms with E-state index in [1.54, 1.807) is 0 Å². The third-order valence-corrected chi connectivity index (χ3v) is 5.30. The summed E-state index contributed by atoms with van der Waals surface area (Å²) >= 11 is 9.64. The Kier molecular flexibility index (Phi) is 5.87. The number of piperazine rings is 1. The molecule has 2 rings (SSSR count). The van der Waals surface area contributed by atoms with Crippen LogP contribution in [0.5, 0.6) is 0 Å².